The van der Waals surface area contributed by atoms with Crippen molar-refractivity contribution in [2.75, 3.05) is 26.7 Å². The molecule has 380 valence electrons. The molecule has 1 aliphatic rings. The maximum absolute atomic E-state index is 14.1. The monoisotopic (exact) mass is 978 g/mol. The molecule has 0 bridgehead atoms. The first-order valence-corrected chi connectivity index (χ1v) is 22.3. The van der Waals surface area contributed by atoms with Crippen LogP contribution in [0.1, 0.15) is 63.5 Å². The molecule has 15 N–H and O–H groups in total. The molecule has 70 heavy (non-hydrogen) atoms. The number of phenols is 1. The maximum Gasteiger partial charge on any atom is 0.245 e. The first-order valence-electron chi connectivity index (χ1n) is 22.3. The zero-order valence-electron chi connectivity index (χ0n) is 39.0. The van der Waals surface area contributed by atoms with Gasteiger partial charge in [-0.25, -0.2) is 0 Å². The molecule has 1 fully saturated rings. The van der Waals surface area contributed by atoms with Gasteiger partial charge in [-0.15, -0.1) is 0 Å². The van der Waals surface area contributed by atoms with Crippen molar-refractivity contribution in [3.63, 3.8) is 0 Å². The predicted octanol–water partition coefficient (Wildman–Crippen LogP) is -4.76. The number of carbonyl (C=O) groups is 12. The zero-order valence-corrected chi connectivity index (χ0v) is 39.0. The van der Waals surface area contributed by atoms with Gasteiger partial charge in [-0.3, -0.25) is 57.5 Å². The van der Waals surface area contributed by atoms with E-state index in [0.717, 1.165) is 4.90 Å². The number of hydrogen-bond acceptors (Lipinski definition) is 13. The average Bonchev–Trinajstić information content (AvgIpc) is 3.30. The van der Waals surface area contributed by atoms with Gasteiger partial charge in [0.25, 0.3) is 0 Å². The largest absolute Gasteiger partial charge is 0.508 e. The molecule has 0 radical (unpaired) electrons. The average molecular weight is 979 g/mol. The summed E-state index contributed by atoms with van der Waals surface area (Å²) in [7, 11) is 1.17. The van der Waals surface area contributed by atoms with Crippen LogP contribution in [-0.4, -0.2) is 144 Å². The molecule has 1 heterocycles. The van der Waals surface area contributed by atoms with E-state index in [1.165, 1.54) is 31.3 Å². The molecule has 0 saturated carbocycles. The van der Waals surface area contributed by atoms with Crippen molar-refractivity contribution in [3.05, 3.63) is 65.7 Å². The first kappa shape index (κ1) is 56.2. The predicted molar refractivity (Wildman–Crippen MR) is 247 cm³/mol. The summed E-state index contributed by atoms with van der Waals surface area (Å²) in [6.07, 6.45) is -2.70. The smallest absolute Gasteiger partial charge is 0.245 e. The van der Waals surface area contributed by atoms with Gasteiger partial charge in [-0.2, -0.15) is 0 Å². The third-order valence-corrected chi connectivity index (χ3v) is 11.0. The van der Waals surface area contributed by atoms with Crippen LogP contribution in [0.15, 0.2) is 54.6 Å². The van der Waals surface area contributed by atoms with E-state index < -0.39 is 165 Å². The SMILES string of the molecule is CC[C@H](C)[C@@H]1NC(=O)[C@H](Cc2ccc(O)cc2)NC(=O)CNC(=O)CC[C@@H](C(=O)N(C)CC(=O)N[C@@H](Cc2ccccc2)C(=O)NCC(N)=O)NC(=O)[C@H](CC(N)=O)NC(=O)[C@H](CCC(N)=O)NC1=O. The topological polar surface area (TPSA) is 403 Å². The number of hydrogen-bond donors (Lipinski definition) is 12. The highest BCUT2D eigenvalue weighted by molar-refractivity contribution is 5.99. The Morgan fingerprint density at radius 1 is 0.743 bits per heavy atom. The number of nitrogens with one attached hydrogen (secondary N) is 8. The fourth-order valence-corrected chi connectivity index (χ4v) is 7.01. The quantitative estimate of drug-likeness (QED) is 0.0669. The molecular formula is C45H62N12O13. The molecule has 3 rings (SSSR count). The summed E-state index contributed by atoms with van der Waals surface area (Å²) in [4.78, 5) is 159. The highest BCUT2D eigenvalue weighted by atomic mass is 16.3. The van der Waals surface area contributed by atoms with E-state index in [1.807, 2.05) is 0 Å². The number of carbonyl (C=O) groups excluding carboxylic acids is 12. The molecule has 2 aromatic carbocycles. The molecule has 0 aliphatic carbocycles. The highest BCUT2D eigenvalue weighted by Gasteiger charge is 2.36. The van der Waals surface area contributed by atoms with E-state index in [2.05, 4.69) is 42.5 Å². The van der Waals surface area contributed by atoms with Gasteiger partial charge in [0.2, 0.25) is 70.9 Å². The van der Waals surface area contributed by atoms with Crippen LogP contribution in [0.25, 0.3) is 0 Å². The Hall–Kier alpha value is -8.12. The molecule has 1 saturated heterocycles. The fraction of sp³-hybridized carbons (Fsp3) is 0.467. The van der Waals surface area contributed by atoms with Crippen molar-refractivity contribution in [1.29, 1.82) is 0 Å². The van der Waals surface area contributed by atoms with Crippen LogP contribution in [0.2, 0.25) is 0 Å². The van der Waals surface area contributed by atoms with Crippen molar-refractivity contribution >= 4 is 70.9 Å². The molecule has 1 aliphatic heterocycles. The molecular weight excluding hydrogens is 917 g/mol. The van der Waals surface area contributed by atoms with Crippen LogP contribution >= 0.6 is 0 Å². The van der Waals surface area contributed by atoms with E-state index >= 15 is 0 Å². The molecule has 25 heteroatoms. The Morgan fingerprint density at radius 2 is 1.37 bits per heavy atom. The number of nitrogens with zero attached hydrogens (tertiary/aromatic N) is 1. The second kappa shape index (κ2) is 27.6. The zero-order chi connectivity index (χ0) is 52.1. The number of nitrogens with two attached hydrogens (primary N) is 3. The van der Waals surface area contributed by atoms with Gasteiger partial charge >= 0.3 is 0 Å². The third-order valence-electron chi connectivity index (χ3n) is 11.0. The lowest BCUT2D eigenvalue weighted by Gasteiger charge is -2.29. The lowest BCUT2D eigenvalue weighted by molar-refractivity contribution is -0.140. The molecule has 7 atom stereocenters. The Bertz CT molecular complexity index is 2250. The van der Waals surface area contributed by atoms with Crippen LogP contribution in [-0.2, 0) is 70.4 Å². The van der Waals surface area contributed by atoms with Crippen LogP contribution in [0.3, 0.4) is 0 Å². The summed E-state index contributed by atoms with van der Waals surface area (Å²) in [6, 6.07) is 5.08. The third kappa shape index (κ3) is 19.2. The van der Waals surface area contributed by atoms with Crippen LogP contribution in [0, 0.1) is 5.92 Å². The van der Waals surface area contributed by atoms with Crippen molar-refractivity contribution in [2.45, 2.75) is 101 Å². The summed E-state index contributed by atoms with van der Waals surface area (Å²) < 4.78 is 0. The Kier molecular flexibility index (Phi) is 22.2. The lowest BCUT2D eigenvalue weighted by atomic mass is 9.96. The number of likely N-dealkylation sites (N-methyl/N-ethyl adjacent to an activating group) is 1. The van der Waals surface area contributed by atoms with Gasteiger partial charge in [0.15, 0.2) is 0 Å². The molecule has 0 aromatic heterocycles. The van der Waals surface area contributed by atoms with E-state index in [0.29, 0.717) is 17.5 Å². The second-order valence-electron chi connectivity index (χ2n) is 16.7. The van der Waals surface area contributed by atoms with Crippen molar-refractivity contribution < 1.29 is 62.6 Å². The minimum absolute atomic E-state index is 0.0363. The van der Waals surface area contributed by atoms with Crippen LogP contribution in [0.5, 0.6) is 5.75 Å². The van der Waals surface area contributed by atoms with Crippen molar-refractivity contribution in [3.8, 4) is 5.75 Å². The van der Waals surface area contributed by atoms with Gasteiger partial charge in [0.1, 0.15) is 42.0 Å². The van der Waals surface area contributed by atoms with Gasteiger partial charge in [0, 0.05) is 32.7 Å². The second-order valence-corrected chi connectivity index (χ2v) is 16.7. The lowest BCUT2D eigenvalue weighted by Crippen LogP contribution is -2.61. The Morgan fingerprint density at radius 3 is 1.99 bits per heavy atom. The standard InChI is InChI=1S/C45H62N12O13/c1-4-24(2)39-44(69)53-28(14-16-33(46)59)41(66)55-32(20-34(47)60)42(67)54-29(15-17-36(62)49-22-37(63)51-31(43(68)56-39)19-26-10-12-27(58)13-11-26)45(70)57(3)23-38(64)52-30(40(65)50-21-35(48)61)18-25-8-6-5-7-9-25/h5-13,24,28-32,39,58H,4,14-23H2,1-3H3,(H2,46,59)(H2,47,60)(H2,48,61)(H,49,62)(H,50,65)(H,51,63)(H,52,64)(H,53,69)(H,54,67)(H,55,66)(H,56,68)/t24-,28-,29-,30-,31-,32-,39-/m0/s1. The number of amides is 12. The normalized spacial score (nSPS) is 20.5. The summed E-state index contributed by atoms with van der Waals surface area (Å²) in [5, 5.41) is 29.3. The van der Waals surface area contributed by atoms with Crippen LogP contribution < -0.4 is 59.7 Å². The minimum Gasteiger partial charge on any atom is -0.508 e. The van der Waals surface area contributed by atoms with Gasteiger partial charge in [-0.05, 0) is 42.0 Å². The molecule has 0 spiro atoms. The summed E-state index contributed by atoms with van der Waals surface area (Å²) >= 11 is 0. The Balaban J connectivity index is 2.01. The Labute approximate surface area is 402 Å². The number of benzene rings is 2. The summed E-state index contributed by atoms with van der Waals surface area (Å²) in [6.45, 7) is 1.38. The van der Waals surface area contributed by atoms with Crippen LogP contribution in [0.4, 0.5) is 0 Å². The van der Waals surface area contributed by atoms with E-state index in [-0.39, 0.29) is 18.6 Å². The van der Waals surface area contributed by atoms with E-state index in [1.54, 1.807) is 44.2 Å². The number of phenolic OH excluding ortho intramolecular Hbond substituents is 1. The number of primary amides is 3. The summed E-state index contributed by atoms with van der Waals surface area (Å²) in [5.74, 6) is -11.9. The fourth-order valence-electron chi connectivity index (χ4n) is 7.01. The van der Waals surface area contributed by atoms with Gasteiger partial charge < -0.3 is 69.7 Å². The number of rotatable bonds is 18. The molecule has 0 unspecified atom stereocenters. The first-order chi connectivity index (χ1) is 33.1. The summed E-state index contributed by atoms with van der Waals surface area (Å²) in [5.41, 5.74) is 17.1. The minimum atomic E-state index is -1.84. The van der Waals surface area contributed by atoms with Gasteiger partial charge in [-0.1, -0.05) is 62.7 Å². The van der Waals surface area contributed by atoms with E-state index in [9.17, 15) is 62.6 Å². The molecule has 25 nitrogen and oxygen atoms in total. The molecule has 2 aromatic rings. The van der Waals surface area contributed by atoms with Crippen molar-refractivity contribution in [1.82, 2.24) is 47.4 Å². The van der Waals surface area contributed by atoms with Gasteiger partial charge in [0.05, 0.1) is 26.1 Å². The molecule has 12 amide bonds. The highest BCUT2D eigenvalue weighted by Crippen LogP contribution is 2.15. The number of aromatic hydroxyl groups is 1. The van der Waals surface area contributed by atoms with E-state index in [4.69, 9.17) is 17.2 Å². The maximum atomic E-state index is 14.1. The van der Waals surface area contributed by atoms with Crippen molar-refractivity contribution in [2.24, 2.45) is 23.1 Å².